The molecule has 0 saturated carbocycles. The number of halogens is 1. The molecule has 3 nitrogen and oxygen atoms in total. The number of hydrogen-bond donors (Lipinski definition) is 1. The number of sulfone groups is 1. The Balaban J connectivity index is 2.06. The van der Waals surface area contributed by atoms with Crippen molar-refractivity contribution in [1.29, 1.82) is 0 Å². The van der Waals surface area contributed by atoms with Crippen molar-refractivity contribution in [2.45, 2.75) is 24.8 Å². The molecule has 1 aromatic carbocycles. The van der Waals surface area contributed by atoms with Gasteiger partial charge in [-0.05, 0) is 37.0 Å². The molecule has 0 bridgehead atoms. The predicted molar refractivity (Wildman–Crippen MR) is 70.0 cm³/mol. The number of benzene rings is 1. The molecule has 5 heteroatoms. The van der Waals surface area contributed by atoms with Crippen molar-refractivity contribution < 1.29 is 8.42 Å². The molecule has 0 unspecified atom stereocenters. The highest BCUT2D eigenvalue weighted by Crippen LogP contribution is 2.25. The van der Waals surface area contributed by atoms with Crippen molar-refractivity contribution in [2.24, 2.45) is 5.73 Å². The molecule has 1 aliphatic rings. The second-order valence-electron chi connectivity index (χ2n) is 4.82. The first kappa shape index (κ1) is 12.9. The van der Waals surface area contributed by atoms with Gasteiger partial charge < -0.3 is 5.73 Å². The summed E-state index contributed by atoms with van der Waals surface area (Å²) in [4.78, 5) is 0. The molecule has 1 saturated heterocycles. The Morgan fingerprint density at radius 3 is 2.24 bits per heavy atom. The number of nitrogens with two attached hydrogens (primary N) is 1. The molecule has 1 aliphatic heterocycles. The van der Waals surface area contributed by atoms with E-state index in [-0.39, 0.29) is 17.0 Å². The average molecular weight is 274 g/mol. The molecule has 2 N–H and O–H groups in total. The van der Waals surface area contributed by atoms with Gasteiger partial charge in [-0.2, -0.15) is 0 Å². The molecule has 17 heavy (non-hydrogen) atoms. The van der Waals surface area contributed by atoms with Crippen LogP contribution < -0.4 is 5.73 Å². The Hall–Kier alpha value is -0.580. The highest BCUT2D eigenvalue weighted by atomic mass is 35.5. The minimum absolute atomic E-state index is 0.205. The highest BCUT2D eigenvalue weighted by molar-refractivity contribution is 7.91. The third-order valence-corrected chi connectivity index (χ3v) is 5.20. The molecule has 2 rings (SSSR count). The van der Waals surface area contributed by atoms with Crippen molar-refractivity contribution >= 4 is 21.4 Å². The van der Waals surface area contributed by atoms with Crippen LogP contribution in [0.3, 0.4) is 0 Å². The number of rotatable bonds is 2. The summed E-state index contributed by atoms with van der Waals surface area (Å²) in [5.74, 6) is 0.411. The molecular formula is C12H16ClNO2S. The monoisotopic (exact) mass is 273 g/mol. The molecule has 1 fully saturated rings. The summed E-state index contributed by atoms with van der Waals surface area (Å²) >= 11 is 5.82. The van der Waals surface area contributed by atoms with E-state index in [9.17, 15) is 8.42 Å². The minimum atomic E-state index is -2.85. The smallest absolute Gasteiger partial charge is 0.150 e. The fraction of sp³-hybridized carbons (Fsp3) is 0.500. The van der Waals surface area contributed by atoms with Crippen molar-refractivity contribution in [1.82, 2.24) is 0 Å². The van der Waals surface area contributed by atoms with E-state index in [4.69, 9.17) is 17.3 Å². The van der Waals surface area contributed by atoms with Crippen LogP contribution in [0.25, 0.3) is 0 Å². The Morgan fingerprint density at radius 2 is 1.71 bits per heavy atom. The Bertz CT molecular complexity index is 482. The molecule has 0 radical (unpaired) electrons. The Labute approximate surface area is 107 Å². The van der Waals surface area contributed by atoms with Crippen LogP contribution in [0.1, 0.15) is 18.4 Å². The lowest BCUT2D eigenvalue weighted by Crippen LogP contribution is -2.48. The van der Waals surface area contributed by atoms with Crippen LogP contribution in [-0.4, -0.2) is 25.5 Å². The normalized spacial score (nSPS) is 22.2. The second kappa shape index (κ2) is 4.59. The van der Waals surface area contributed by atoms with Crippen molar-refractivity contribution in [2.75, 3.05) is 11.5 Å². The number of hydrogen-bond acceptors (Lipinski definition) is 3. The minimum Gasteiger partial charge on any atom is -0.325 e. The zero-order valence-corrected chi connectivity index (χ0v) is 11.1. The summed E-state index contributed by atoms with van der Waals surface area (Å²) in [5.41, 5.74) is 6.97. The van der Waals surface area contributed by atoms with Crippen LogP contribution >= 0.6 is 11.6 Å². The fourth-order valence-corrected chi connectivity index (χ4v) is 3.90. The largest absolute Gasteiger partial charge is 0.325 e. The first-order valence-electron chi connectivity index (χ1n) is 5.62. The van der Waals surface area contributed by atoms with Gasteiger partial charge in [0.05, 0.1) is 11.5 Å². The van der Waals surface area contributed by atoms with E-state index in [2.05, 4.69) is 0 Å². The van der Waals surface area contributed by atoms with Gasteiger partial charge in [-0.3, -0.25) is 0 Å². The van der Waals surface area contributed by atoms with Gasteiger partial charge in [0.2, 0.25) is 0 Å². The van der Waals surface area contributed by atoms with Crippen LogP contribution in [0.15, 0.2) is 24.3 Å². The molecule has 0 amide bonds. The summed E-state index contributed by atoms with van der Waals surface area (Å²) < 4.78 is 22.7. The zero-order chi connectivity index (χ0) is 12.5. The maximum absolute atomic E-state index is 11.4. The molecule has 0 aliphatic carbocycles. The maximum Gasteiger partial charge on any atom is 0.150 e. The Morgan fingerprint density at radius 1 is 1.18 bits per heavy atom. The summed E-state index contributed by atoms with van der Waals surface area (Å²) in [6.07, 6.45) is 1.79. The van der Waals surface area contributed by atoms with Crippen LogP contribution in [0, 0.1) is 0 Å². The lowest BCUT2D eigenvalue weighted by Gasteiger charge is -2.33. The molecule has 1 aromatic rings. The fourth-order valence-electron chi connectivity index (χ4n) is 2.13. The van der Waals surface area contributed by atoms with E-state index in [1.165, 1.54) is 0 Å². The van der Waals surface area contributed by atoms with E-state index in [0.717, 1.165) is 5.56 Å². The van der Waals surface area contributed by atoms with Gasteiger partial charge in [0, 0.05) is 10.6 Å². The SMILES string of the molecule is NC1(Cc2ccc(Cl)cc2)CCS(=O)(=O)CC1. The van der Waals surface area contributed by atoms with Crippen LogP contribution in [0.5, 0.6) is 0 Å². The van der Waals surface area contributed by atoms with E-state index >= 15 is 0 Å². The van der Waals surface area contributed by atoms with E-state index in [0.29, 0.717) is 24.3 Å². The lowest BCUT2D eigenvalue weighted by atomic mass is 9.86. The third kappa shape index (κ3) is 3.44. The predicted octanol–water partition coefficient (Wildman–Crippen LogP) is 1.79. The van der Waals surface area contributed by atoms with Crippen LogP contribution in [0.4, 0.5) is 0 Å². The second-order valence-corrected chi connectivity index (χ2v) is 7.56. The summed E-state index contributed by atoms with van der Waals surface area (Å²) in [6, 6.07) is 7.56. The molecule has 0 atom stereocenters. The molecule has 1 heterocycles. The lowest BCUT2D eigenvalue weighted by molar-refractivity contribution is 0.379. The van der Waals surface area contributed by atoms with Gasteiger partial charge in [0.25, 0.3) is 0 Å². The third-order valence-electron chi connectivity index (χ3n) is 3.29. The van der Waals surface area contributed by atoms with E-state index < -0.39 is 9.84 Å². The van der Waals surface area contributed by atoms with Crippen molar-refractivity contribution in [3.8, 4) is 0 Å². The van der Waals surface area contributed by atoms with Crippen molar-refractivity contribution in [3.05, 3.63) is 34.9 Å². The highest BCUT2D eigenvalue weighted by Gasteiger charge is 2.33. The molecular weight excluding hydrogens is 258 g/mol. The van der Waals surface area contributed by atoms with Crippen molar-refractivity contribution in [3.63, 3.8) is 0 Å². The summed E-state index contributed by atoms with van der Waals surface area (Å²) in [5, 5.41) is 0.700. The van der Waals surface area contributed by atoms with E-state index in [1.807, 2.05) is 24.3 Å². The van der Waals surface area contributed by atoms with Gasteiger partial charge in [0.1, 0.15) is 9.84 Å². The molecule has 94 valence electrons. The van der Waals surface area contributed by atoms with Gasteiger partial charge >= 0.3 is 0 Å². The van der Waals surface area contributed by atoms with Crippen LogP contribution in [-0.2, 0) is 16.3 Å². The standard InChI is InChI=1S/C12H16ClNO2S/c13-11-3-1-10(2-4-11)9-12(14)5-7-17(15,16)8-6-12/h1-4H,5-9,14H2. The first-order chi connectivity index (χ1) is 7.89. The molecule has 0 aromatic heterocycles. The van der Waals surface area contributed by atoms with Gasteiger partial charge in [-0.1, -0.05) is 23.7 Å². The van der Waals surface area contributed by atoms with Gasteiger partial charge in [0.15, 0.2) is 0 Å². The van der Waals surface area contributed by atoms with E-state index in [1.54, 1.807) is 0 Å². The maximum atomic E-state index is 11.4. The van der Waals surface area contributed by atoms with Crippen LogP contribution in [0.2, 0.25) is 5.02 Å². The topological polar surface area (TPSA) is 60.2 Å². The Kier molecular flexibility index (Phi) is 3.48. The average Bonchev–Trinajstić information content (AvgIpc) is 2.27. The first-order valence-corrected chi connectivity index (χ1v) is 7.82. The quantitative estimate of drug-likeness (QED) is 0.894. The molecule has 0 spiro atoms. The van der Waals surface area contributed by atoms with Gasteiger partial charge in [-0.15, -0.1) is 0 Å². The summed E-state index contributed by atoms with van der Waals surface area (Å²) in [6.45, 7) is 0. The van der Waals surface area contributed by atoms with Gasteiger partial charge in [-0.25, -0.2) is 8.42 Å². The zero-order valence-electron chi connectivity index (χ0n) is 9.52. The summed E-state index contributed by atoms with van der Waals surface area (Å²) in [7, 11) is -2.85.